The first-order chi connectivity index (χ1) is 14.5. The normalized spacial score (nSPS) is 11.2. The van der Waals surface area contributed by atoms with Gasteiger partial charge in [0.25, 0.3) is 5.91 Å². The maximum Gasteiger partial charge on any atom is 0.251 e. The molecule has 3 aromatic rings. The minimum absolute atomic E-state index is 0.0900. The first-order valence-corrected chi connectivity index (χ1v) is 9.13. The van der Waals surface area contributed by atoms with E-state index in [-0.39, 0.29) is 6.42 Å². The average molecular weight is 400 g/mol. The van der Waals surface area contributed by atoms with Crippen molar-refractivity contribution in [1.29, 1.82) is 5.26 Å². The Labute approximate surface area is 174 Å². The Bertz CT molecular complexity index is 1180. The molecule has 0 spiro atoms. The van der Waals surface area contributed by atoms with E-state index >= 15 is 0 Å². The molecule has 2 N–H and O–H groups in total. The molecule has 1 atom stereocenters. The third kappa shape index (κ3) is 3.88. The van der Waals surface area contributed by atoms with Crippen molar-refractivity contribution in [2.75, 3.05) is 19.1 Å². The molecule has 0 saturated heterocycles. The molecule has 0 bridgehead atoms. The Morgan fingerprint density at radius 2 is 2.10 bits per heavy atom. The molecule has 7 heteroatoms. The Morgan fingerprint density at radius 1 is 1.33 bits per heavy atom. The number of carbonyl (C=O) groups excluding carboxylic acids is 1. The number of nitrogens with one attached hydrogen (secondary N) is 1. The van der Waals surface area contributed by atoms with Gasteiger partial charge in [0.15, 0.2) is 0 Å². The summed E-state index contributed by atoms with van der Waals surface area (Å²) in [6.45, 7) is 0. The van der Waals surface area contributed by atoms with E-state index in [1.54, 1.807) is 23.7 Å². The molecule has 0 saturated carbocycles. The van der Waals surface area contributed by atoms with E-state index in [1.807, 2.05) is 42.3 Å². The fourth-order valence-corrected chi connectivity index (χ4v) is 3.37. The van der Waals surface area contributed by atoms with Crippen molar-refractivity contribution in [2.24, 2.45) is 0 Å². The molecule has 30 heavy (non-hydrogen) atoms. The molecule has 1 amide bonds. The van der Waals surface area contributed by atoms with Crippen LogP contribution >= 0.6 is 0 Å². The number of aromatic nitrogens is 1. The Morgan fingerprint density at radius 3 is 2.77 bits per heavy atom. The molecule has 1 aromatic heterocycles. The summed E-state index contributed by atoms with van der Waals surface area (Å²) in [5.41, 5.74) is 4.76. The summed E-state index contributed by atoms with van der Waals surface area (Å²) in [7, 11) is 3.36. The number of para-hydroxylation sites is 1. The zero-order chi connectivity index (χ0) is 21.7. The lowest BCUT2D eigenvalue weighted by Gasteiger charge is -2.24. The number of anilines is 2. The Kier molecular flexibility index (Phi) is 6.17. The van der Waals surface area contributed by atoms with Gasteiger partial charge in [0.1, 0.15) is 17.5 Å². The number of fused-ring (bicyclic) bond motifs is 1. The number of methoxy groups -OCH3 is 1. The fourth-order valence-electron chi connectivity index (χ4n) is 3.37. The highest BCUT2D eigenvalue weighted by Gasteiger charge is 2.24. The second-order valence-corrected chi connectivity index (χ2v) is 6.58. The average Bonchev–Trinajstić information content (AvgIpc) is 2.80. The van der Waals surface area contributed by atoms with Gasteiger partial charge in [0, 0.05) is 30.1 Å². The third-order valence-electron chi connectivity index (χ3n) is 4.89. The van der Waals surface area contributed by atoms with Gasteiger partial charge in [-0.3, -0.25) is 10.0 Å². The van der Waals surface area contributed by atoms with Crippen LogP contribution in [-0.4, -0.2) is 30.3 Å². The SMILES string of the molecule is C#CCC(C(=O)NO)c1cc(N(C)c2cc(C#N)nc3ccccc23)ccc1OC. The first-order valence-electron chi connectivity index (χ1n) is 9.13. The minimum atomic E-state index is -0.785. The molecular formula is C23H20N4O3. The highest BCUT2D eigenvalue weighted by Crippen LogP contribution is 2.36. The van der Waals surface area contributed by atoms with Gasteiger partial charge in [-0.1, -0.05) is 18.2 Å². The predicted octanol–water partition coefficient (Wildman–Crippen LogP) is 3.50. The van der Waals surface area contributed by atoms with Crippen molar-refractivity contribution < 1.29 is 14.7 Å². The topological polar surface area (TPSA) is 98.5 Å². The summed E-state index contributed by atoms with van der Waals surface area (Å²) in [5.74, 6) is 1.54. The number of benzene rings is 2. The van der Waals surface area contributed by atoms with E-state index in [0.717, 1.165) is 16.8 Å². The van der Waals surface area contributed by atoms with E-state index < -0.39 is 11.8 Å². The molecule has 0 aliphatic rings. The molecule has 7 nitrogen and oxygen atoms in total. The number of pyridine rings is 1. The Hall–Kier alpha value is -4.07. The van der Waals surface area contributed by atoms with Crippen LogP contribution in [0.3, 0.4) is 0 Å². The van der Waals surface area contributed by atoms with Gasteiger partial charge in [-0.15, -0.1) is 12.3 Å². The largest absolute Gasteiger partial charge is 0.496 e. The van der Waals surface area contributed by atoms with Crippen LogP contribution in [0.5, 0.6) is 5.75 Å². The van der Waals surface area contributed by atoms with Crippen molar-refractivity contribution in [3.8, 4) is 24.2 Å². The van der Waals surface area contributed by atoms with Gasteiger partial charge in [-0.25, -0.2) is 10.5 Å². The van der Waals surface area contributed by atoms with Gasteiger partial charge in [-0.2, -0.15) is 5.26 Å². The number of rotatable bonds is 6. The summed E-state index contributed by atoms with van der Waals surface area (Å²) in [4.78, 5) is 18.5. The maximum atomic E-state index is 12.2. The van der Waals surface area contributed by atoms with Crippen molar-refractivity contribution in [3.63, 3.8) is 0 Å². The predicted molar refractivity (Wildman–Crippen MR) is 114 cm³/mol. The lowest BCUT2D eigenvalue weighted by atomic mass is 9.93. The van der Waals surface area contributed by atoms with Crippen LogP contribution in [0.1, 0.15) is 23.6 Å². The summed E-state index contributed by atoms with van der Waals surface area (Å²) >= 11 is 0. The molecule has 0 radical (unpaired) electrons. The van der Waals surface area contributed by atoms with Gasteiger partial charge >= 0.3 is 0 Å². The summed E-state index contributed by atoms with van der Waals surface area (Å²) < 4.78 is 5.41. The lowest BCUT2D eigenvalue weighted by Crippen LogP contribution is -2.26. The summed E-state index contributed by atoms with van der Waals surface area (Å²) in [5, 5.41) is 19.4. The standard InChI is InChI=1S/C23H20N4O3/c1-4-7-17(23(28)26-29)19-13-16(10-11-22(19)30-3)27(2)21-12-15(14-24)25-20-9-6-5-8-18(20)21/h1,5-6,8-13,17,29H,7H2,2-3H3,(H,26,28). The third-order valence-corrected chi connectivity index (χ3v) is 4.89. The molecule has 0 fully saturated rings. The van der Waals surface area contributed by atoms with Gasteiger partial charge in [-0.05, 0) is 30.3 Å². The van der Waals surface area contributed by atoms with Crippen LogP contribution in [0.4, 0.5) is 11.4 Å². The van der Waals surface area contributed by atoms with Crippen LogP contribution in [0, 0.1) is 23.7 Å². The molecule has 0 aliphatic heterocycles. The van der Waals surface area contributed by atoms with Crippen LogP contribution in [0.2, 0.25) is 0 Å². The highest BCUT2D eigenvalue weighted by atomic mass is 16.5. The van der Waals surface area contributed by atoms with Gasteiger partial charge in [0.2, 0.25) is 0 Å². The number of nitriles is 1. The quantitative estimate of drug-likeness (QED) is 0.373. The number of ether oxygens (including phenoxy) is 1. The van der Waals surface area contributed by atoms with E-state index in [2.05, 4.69) is 17.0 Å². The van der Waals surface area contributed by atoms with E-state index in [4.69, 9.17) is 16.4 Å². The van der Waals surface area contributed by atoms with Crippen LogP contribution in [0.25, 0.3) is 10.9 Å². The zero-order valence-corrected chi connectivity index (χ0v) is 16.6. The number of carbonyl (C=O) groups is 1. The van der Waals surface area contributed by atoms with E-state index in [1.165, 1.54) is 7.11 Å². The zero-order valence-electron chi connectivity index (χ0n) is 16.6. The number of hydroxylamine groups is 1. The maximum absolute atomic E-state index is 12.2. The van der Waals surface area contributed by atoms with Crippen LogP contribution in [0.15, 0.2) is 48.5 Å². The second kappa shape index (κ2) is 8.95. The monoisotopic (exact) mass is 400 g/mol. The summed E-state index contributed by atoms with van der Waals surface area (Å²) in [6, 6.07) is 16.7. The van der Waals surface area contributed by atoms with E-state index in [0.29, 0.717) is 22.5 Å². The second-order valence-electron chi connectivity index (χ2n) is 6.58. The number of terminal acetylenes is 1. The Balaban J connectivity index is 2.15. The van der Waals surface area contributed by atoms with Gasteiger partial charge < -0.3 is 9.64 Å². The smallest absolute Gasteiger partial charge is 0.251 e. The molecule has 0 aliphatic carbocycles. The van der Waals surface area contributed by atoms with Crippen LogP contribution in [-0.2, 0) is 4.79 Å². The number of nitrogens with zero attached hydrogens (tertiary/aromatic N) is 3. The van der Waals surface area contributed by atoms with Crippen molar-refractivity contribution in [2.45, 2.75) is 12.3 Å². The fraction of sp³-hybridized carbons (Fsp3) is 0.174. The van der Waals surface area contributed by atoms with Crippen molar-refractivity contribution >= 4 is 28.2 Å². The highest BCUT2D eigenvalue weighted by molar-refractivity contribution is 5.94. The van der Waals surface area contributed by atoms with Crippen LogP contribution < -0.4 is 15.1 Å². The van der Waals surface area contributed by atoms with Gasteiger partial charge in [0.05, 0.1) is 24.2 Å². The molecule has 1 heterocycles. The number of hydrogen-bond acceptors (Lipinski definition) is 6. The molecular weight excluding hydrogens is 380 g/mol. The number of amides is 1. The summed E-state index contributed by atoms with van der Waals surface area (Å²) in [6.07, 6.45) is 5.52. The molecule has 1 unspecified atom stereocenters. The lowest BCUT2D eigenvalue weighted by molar-refractivity contribution is -0.130. The van der Waals surface area contributed by atoms with Crippen molar-refractivity contribution in [3.05, 3.63) is 59.8 Å². The van der Waals surface area contributed by atoms with Crippen molar-refractivity contribution in [1.82, 2.24) is 10.5 Å². The molecule has 2 aromatic carbocycles. The number of hydrogen-bond donors (Lipinski definition) is 2. The molecule has 3 rings (SSSR count). The minimum Gasteiger partial charge on any atom is -0.496 e. The molecule has 150 valence electrons. The van der Waals surface area contributed by atoms with E-state index in [9.17, 15) is 10.1 Å². The first kappa shape index (κ1) is 20.7.